The maximum Gasteiger partial charge on any atom is 0.132 e. The highest BCUT2D eigenvalue weighted by Gasteiger charge is 2.17. The molecule has 0 amide bonds. The first-order valence-electron chi connectivity index (χ1n) is 6.25. The molecule has 0 radical (unpaired) electrons. The molecule has 0 bridgehead atoms. The van der Waals surface area contributed by atoms with E-state index in [2.05, 4.69) is 9.97 Å². The lowest BCUT2D eigenvalue weighted by Crippen LogP contribution is -2.07. The molecule has 0 atom stereocenters. The van der Waals surface area contributed by atoms with Crippen molar-refractivity contribution in [1.29, 1.82) is 0 Å². The number of hydrogen-bond acceptors (Lipinski definition) is 3. The van der Waals surface area contributed by atoms with Crippen LogP contribution in [0.4, 0.5) is 0 Å². The molecule has 3 heteroatoms. The van der Waals surface area contributed by atoms with Crippen molar-refractivity contribution in [3.63, 3.8) is 0 Å². The van der Waals surface area contributed by atoms with Gasteiger partial charge >= 0.3 is 0 Å². The van der Waals surface area contributed by atoms with Crippen molar-refractivity contribution in [2.45, 2.75) is 58.0 Å². The van der Waals surface area contributed by atoms with E-state index in [0.717, 1.165) is 17.2 Å². The first kappa shape index (κ1) is 11.5. The Kier molecular flexibility index (Phi) is 3.88. The summed E-state index contributed by atoms with van der Waals surface area (Å²) >= 11 is 0. The van der Waals surface area contributed by atoms with Crippen molar-refractivity contribution in [2.75, 3.05) is 0 Å². The molecule has 0 unspecified atom stereocenters. The molecule has 1 N–H and O–H groups in total. The van der Waals surface area contributed by atoms with Gasteiger partial charge in [0.05, 0.1) is 12.3 Å². The Morgan fingerprint density at radius 2 is 1.88 bits per heavy atom. The van der Waals surface area contributed by atoms with Crippen molar-refractivity contribution < 1.29 is 5.11 Å². The minimum absolute atomic E-state index is 0.0169. The number of aliphatic hydroxyl groups is 1. The molecule has 3 nitrogen and oxygen atoms in total. The second-order valence-electron chi connectivity index (χ2n) is 4.71. The standard InChI is InChI=1S/C13H20N2O/c1-10-8-12(9-16)15-13(14-10)11-6-4-2-3-5-7-11/h8,11,16H,2-7,9H2,1H3. The minimum atomic E-state index is 0.0169. The zero-order valence-corrected chi connectivity index (χ0v) is 9.95. The summed E-state index contributed by atoms with van der Waals surface area (Å²) in [6.45, 7) is 1.99. The van der Waals surface area contributed by atoms with Gasteiger partial charge in [-0.15, -0.1) is 0 Å². The average molecular weight is 220 g/mol. The zero-order chi connectivity index (χ0) is 11.4. The highest BCUT2D eigenvalue weighted by Crippen LogP contribution is 2.29. The van der Waals surface area contributed by atoms with Crippen LogP contribution in [0.15, 0.2) is 6.07 Å². The molecule has 88 valence electrons. The predicted octanol–water partition coefficient (Wildman–Crippen LogP) is 2.72. The lowest BCUT2D eigenvalue weighted by atomic mass is 9.99. The van der Waals surface area contributed by atoms with Crippen LogP contribution in [0.2, 0.25) is 0 Å². The van der Waals surface area contributed by atoms with Gasteiger partial charge in [-0.2, -0.15) is 0 Å². The van der Waals surface area contributed by atoms with Crippen LogP contribution in [-0.4, -0.2) is 15.1 Å². The topological polar surface area (TPSA) is 46.0 Å². The second-order valence-corrected chi connectivity index (χ2v) is 4.71. The van der Waals surface area contributed by atoms with Crippen LogP contribution in [0.3, 0.4) is 0 Å². The van der Waals surface area contributed by atoms with Crippen molar-refractivity contribution >= 4 is 0 Å². The fraction of sp³-hybridized carbons (Fsp3) is 0.692. The van der Waals surface area contributed by atoms with Gasteiger partial charge in [-0.3, -0.25) is 0 Å². The number of rotatable bonds is 2. The molecule has 1 fully saturated rings. The number of aliphatic hydroxyl groups excluding tert-OH is 1. The molecule has 1 heterocycles. The largest absolute Gasteiger partial charge is 0.390 e. The third-order valence-corrected chi connectivity index (χ3v) is 3.31. The number of aryl methyl sites for hydroxylation is 1. The van der Waals surface area contributed by atoms with Crippen molar-refractivity contribution in [3.8, 4) is 0 Å². The highest BCUT2D eigenvalue weighted by molar-refractivity contribution is 5.11. The molecule has 1 saturated carbocycles. The number of hydrogen-bond donors (Lipinski definition) is 1. The van der Waals surface area contributed by atoms with Crippen LogP contribution in [0.25, 0.3) is 0 Å². The van der Waals surface area contributed by atoms with E-state index in [9.17, 15) is 0 Å². The van der Waals surface area contributed by atoms with Crippen LogP contribution in [-0.2, 0) is 6.61 Å². The predicted molar refractivity (Wildman–Crippen MR) is 63.1 cm³/mol. The van der Waals surface area contributed by atoms with Crippen LogP contribution < -0.4 is 0 Å². The van der Waals surface area contributed by atoms with Crippen LogP contribution in [0.5, 0.6) is 0 Å². The summed E-state index contributed by atoms with van der Waals surface area (Å²) in [4.78, 5) is 8.98. The van der Waals surface area contributed by atoms with Crippen LogP contribution >= 0.6 is 0 Å². The second kappa shape index (κ2) is 5.39. The Labute approximate surface area is 96.9 Å². The van der Waals surface area contributed by atoms with Crippen LogP contribution in [0.1, 0.15) is 61.7 Å². The van der Waals surface area contributed by atoms with Gasteiger partial charge in [-0.1, -0.05) is 25.7 Å². The van der Waals surface area contributed by atoms with Gasteiger partial charge in [0, 0.05) is 11.6 Å². The quantitative estimate of drug-likeness (QED) is 0.779. The maximum atomic E-state index is 9.15. The molecule has 16 heavy (non-hydrogen) atoms. The lowest BCUT2D eigenvalue weighted by Gasteiger charge is -2.13. The SMILES string of the molecule is Cc1cc(CO)nc(C2CCCCCC2)n1. The van der Waals surface area contributed by atoms with Gasteiger partial charge in [0.1, 0.15) is 5.82 Å². The molecule has 0 spiro atoms. The van der Waals surface area contributed by atoms with Crippen molar-refractivity contribution in [2.24, 2.45) is 0 Å². The van der Waals surface area contributed by atoms with Gasteiger partial charge in [-0.05, 0) is 25.8 Å². The monoisotopic (exact) mass is 220 g/mol. The molecule has 0 aliphatic heterocycles. The van der Waals surface area contributed by atoms with E-state index in [1.165, 1.54) is 38.5 Å². The third kappa shape index (κ3) is 2.79. The normalized spacial score (nSPS) is 18.4. The zero-order valence-electron chi connectivity index (χ0n) is 9.95. The van der Waals surface area contributed by atoms with E-state index in [4.69, 9.17) is 5.11 Å². The summed E-state index contributed by atoms with van der Waals surface area (Å²) in [5.74, 6) is 1.46. The number of aromatic nitrogens is 2. The summed E-state index contributed by atoms with van der Waals surface area (Å²) < 4.78 is 0. The van der Waals surface area contributed by atoms with E-state index >= 15 is 0 Å². The first-order chi connectivity index (χ1) is 7.79. The van der Waals surface area contributed by atoms with Crippen LogP contribution in [0, 0.1) is 6.92 Å². The van der Waals surface area contributed by atoms with Gasteiger partial charge < -0.3 is 5.11 Å². The molecule has 1 aromatic rings. The minimum Gasteiger partial charge on any atom is -0.390 e. The fourth-order valence-electron chi connectivity index (χ4n) is 2.46. The van der Waals surface area contributed by atoms with E-state index in [0.29, 0.717) is 5.92 Å². The van der Waals surface area contributed by atoms with Gasteiger partial charge in [0.2, 0.25) is 0 Å². The lowest BCUT2D eigenvalue weighted by molar-refractivity contribution is 0.275. The van der Waals surface area contributed by atoms with E-state index in [1.54, 1.807) is 0 Å². The molecular formula is C13H20N2O. The fourth-order valence-corrected chi connectivity index (χ4v) is 2.46. The Morgan fingerprint density at radius 3 is 2.50 bits per heavy atom. The van der Waals surface area contributed by atoms with E-state index in [1.807, 2.05) is 13.0 Å². The van der Waals surface area contributed by atoms with Gasteiger partial charge in [-0.25, -0.2) is 9.97 Å². The Morgan fingerprint density at radius 1 is 1.19 bits per heavy atom. The summed E-state index contributed by atoms with van der Waals surface area (Å²) in [7, 11) is 0. The summed E-state index contributed by atoms with van der Waals surface area (Å²) in [5.41, 5.74) is 1.73. The summed E-state index contributed by atoms with van der Waals surface area (Å²) in [5, 5.41) is 9.15. The smallest absolute Gasteiger partial charge is 0.132 e. The van der Waals surface area contributed by atoms with E-state index < -0.39 is 0 Å². The molecule has 1 aliphatic carbocycles. The number of nitrogens with zero attached hydrogens (tertiary/aromatic N) is 2. The Hall–Kier alpha value is -0.960. The van der Waals surface area contributed by atoms with Gasteiger partial charge in [0.15, 0.2) is 0 Å². The average Bonchev–Trinajstić information content (AvgIpc) is 2.56. The molecule has 1 aliphatic rings. The first-order valence-corrected chi connectivity index (χ1v) is 6.25. The molecular weight excluding hydrogens is 200 g/mol. The highest BCUT2D eigenvalue weighted by atomic mass is 16.3. The summed E-state index contributed by atoms with van der Waals surface area (Å²) in [6.07, 6.45) is 7.67. The maximum absolute atomic E-state index is 9.15. The van der Waals surface area contributed by atoms with Crippen molar-refractivity contribution in [1.82, 2.24) is 9.97 Å². The Balaban J connectivity index is 2.20. The molecule has 0 aromatic carbocycles. The van der Waals surface area contributed by atoms with Crippen molar-refractivity contribution in [3.05, 3.63) is 23.3 Å². The molecule has 2 rings (SSSR count). The third-order valence-electron chi connectivity index (χ3n) is 3.31. The van der Waals surface area contributed by atoms with Gasteiger partial charge in [0.25, 0.3) is 0 Å². The Bertz CT molecular complexity index is 344. The molecule has 0 saturated heterocycles. The van der Waals surface area contributed by atoms with E-state index in [-0.39, 0.29) is 6.61 Å². The summed E-state index contributed by atoms with van der Waals surface area (Å²) in [6, 6.07) is 1.86. The molecule has 1 aromatic heterocycles.